The van der Waals surface area contributed by atoms with Crippen LogP contribution in [0.5, 0.6) is 0 Å². The molecular weight excluding hydrogens is 251 g/mol. The highest BCUT2D eigenvalue weighted by molar-refractivity contribution is 6.30. The second-order valence-corrected chi connectivity index (χ2v) is 6.33. The van der Waals surface area contributed by atoms with Crippen molar-refractivity contribution in [2.45, 2.75) is 26.8 Å². The number of nitrogens with two attached hydrogens (primary N) is 1. The molecule has 1 atom stereocenters. The van der Waals surface area contributed by atoms with Crippen LogP contribution in [0.3, 0.4) is 0 Å². The van der Waals surface area contributed by atoms with Gasteiger partial charge in [0.2, 0.25) is 0 Å². The van der Waals surface area contributed by atoms with Gasteiger partial charge < -0.3 is 5.73 Å². The Hall–Kier alpha value is -0.640. The first kappa shape index (κ1) is 15.4. The molecule has 18 heavy (non-hydrogen) atoms. The van der Waals surface area contributed by atoms with Crippen molar-refractivity contribution >= 4 is 11.6 Å². The monoisotopic (exact) mass is 272 g/mol. The van der Waals surface area contributed by atoms with E-state index in [-0.39, 0.29) is 17.3 Å². The van der Waals surface area contributed by atoms with Gasteiger partial charge in [-0.25, -0.2) is 4.39 Å². The average molecular weight is 273 g/mol. The van der Waals surface area contributed by atoms with Gasteiger partial charge in [0.15, 0.2) is 0 Å². The molecule has 0 spiro atoms. The van der Waals surface area contributed by atoms with Crippen LogP contribution < -0.4 is 5.73 Å². The molecule has 0 aliphatic carbocycles. The lowest BCUT2D eigenvalue weighted by molar-refractivity contribution is 0.173. The Morgan fingerprint density at radius 1 is 1.39 bits per heavy atom. The highest BCUT2D eigenvalue weighted by Gasteiger charge is 2.23. The normalized spacial score (nSPS) is 14.0. The largest absolute Gasteiger partial charge is 0.329 e. The maximum absolute atomic E-state index is 13.9. The predicted octanol–water partition coefficient (Wildman–Crippen LogP) is 3.46. The highest BCUT2D eigenvalue weighted by atomic mass is 35.5. The van der Waals surface area contributed by atoms with Crippen LogP contribution in [-0.4, -0.2) is 25.0 Å². The maximum Gasteiger partial charge on any atom is 0.128 e. The molecule has 0 amide bonds. The van der Waals surface area contributed by atoms with Crippen LogP contribution in [0.4, 0.5) is 4.39 Å². The summed E-state index contributed by atoms with van der Waals surface area (Å²) in [5.74, 6) is -0.254. The lowest BCUT2D eigenvalue weighted by Crippen LogP contribution is -2.36. The van der Waals surface area contributed by atoms with Crippen molar-refractivity contribution in [3.05, 3.63) is 34.6 Å². The molecule has 1 aromatic carbocycles. The van der Waals surface area contributed by atoms with Gasteiger partial charge >= 0.3 is 0 Å². The number of hydrogen-bond acceptors (Lipinski definition) is 2. The Morgan fingerprint density at radius 3 is 2.50 bits per heavy atom. The lowest BCUT2D eigenvalue weighted by Gasteiger charge is -2.33. The number of nitrogens with zero attached hydrogens (tertiary/aromatic N) is 1. The van der Waals surface area contributed by atoms with Gasteiger partial charge in [-0.1, -0.05) is 32.4 Å². The van der Waals surface area contributed by atoms with Crippen molar-refractivity contribution in [1.29, 1.82) is 0 Å². The topological polar surface area (TPSA) is 29.3 Å². The second kappa shape index (κ2) is 6.00. The van der Waals surface area contributed by atoms with E-state index in [0.29, 0.717) is 17.1 Å². The SMILES string of the molecule is CN(CC(C)(C)C)C(CN)c1cc(Cl)ccc1F. The van der Waals surface area contributed by atoms with Crippen LogP contribution in [0.2, 0.25) is 5.02 Å². The molecule has 0 radical (unpaired) electrons. The van der Waals surface area contributed by atoms with Crippen LogP contribution >= 0.6 is 11.6 Å². The van der Waals surface area contributed by atoms with Gasteiger partial charge in [0.05, 0.1) is 0 Å². The highest BCUT2D eigenvalue weighted by Crippen LogP contribution is 2.27. The molecule has 2 N–H and O–H groups in total. The molecule has 0 fully saturated rings. The first-order valence-corrected chi connectivity index (χ1v) is 6.47. The summed E-state index contributed by atoms with van der Waals surface area (Å²) in [5, 5.41) is 0.536. The number of halogens is 2. The van der Waals surface area contributed by atoms with Gasteiger partial charge in [-0.2, -0.15) is 0 Å². The Bertz CT molecular complexity index is 401. The van der Waals surface area contributed by atoms with E-state index in [4.69, 9.17) is 17.3 Å². The Balaban J connectivity index is 2.98. The van der Waals surface area contributed by atoms with E-state index in [2.05, 4.69) is 25.7 Å². The van der Waals surface area contributed by atoms with Gasteiger partial charge in [0.1, 0.15) is 5.82 Å². The van der Waals surface area contributed by atoms with Crippen LogP contribution in [0.15, 0.2) is 18.2 Å². The molecule has 0 heterocycles. The number of benzene rings is 1. The van der Waals surface area contributed by atoms with E-state index in [1.54, 1.807) is 12.1 Å². The molecule has 2 nitrogen and oxygen atoms in total. The molecule has 102 valence electrons. The fourth-order valence-electron chi connectivity index (χ4n) is 2.17. The second-order valence-electron chi connectivity index (χ2n) is 5.89. The van der Waals surface area contributed by atoms with E-state index in [1.807, 2.05) is 7.05 Å². The van der Waals surface area contributed by atoms with E-state index < -0.39 is 0 Å². The van der Waals surface area contributed by atoms with Gasteiger partial charge in [0.25, 0.3) is 0 Å². The zero-order valence-electron chi connectivity index (χ0n) is 11.5. The molecule has 0 aliphatic rings. The maximum atomic E-state index is 13.9. The first-order chi connectivity index (χ1) is 8.24. The Morgan fingerprint density at radius 2 is 2.00 bits per heavy atom. The zero-order valence-corrected chi connectivity index (χ0v) is 12.3. The van der Waals surface area contributed by atoms with Crippen LogP contribution in [0, 0.1) is 11.2 Å². The van der Waals surface area contributed by atoms with Crippen molar-refractivity contribution in [2.24, 2.45) is 11.1 Å². The molecular formula is C14H22ClFN2. The van der Waals surface area contributed by atoms with Gasteiger partial charge in [0, 0.05) is 29.7 Å². The van der Waals surface area contributed by atoms with E-state index in [0.717, 1.165) is 6.54 Å². The van der Waals surface area contributed by atoms with Crippen LogP contribution in [0.25, 0.3) is 0 Å². The third-order valence-electron chi connectivity index (χ3n) is 2.80. The molecule has 1 aromatic rings. The summed E-state index contributed by atoms with van der Waals surface area (Å²) in [5.41, 5.74) is 6.49. The Labute approximate surface area is 114 Å². The molecule has 0 saturated carbocycles. The minimum atomic E-state index is -0.254. The molecule has 4 heteroatoms. The van der Waals surface area contributed by atoms with E-state index in [1.165, 1.54) is 6.07 Å². The first-order valence-electron chi connectivity index (χ1n) is 6.10. The summed E-state index contributed by atoms with van der Waals surface area (Å²) in [6, 6.07) is 4.46. The summed E-state index contributed by atoms with van der Waals surface area (Å²) in [7, 11) is 1.96. The van der Waals surface area contributed by atoms with E-state index >= 15 is 0 Å². The van der Waals surface area contributed by atoms with Crippen molar-refractivity contribution in [3.8, 4) is 0 Å². The smallest absolute Gasteiger partial charge is 0.128 e. The zero-order chi connectivity index (χ0) is 13.9. The summed E-state index contributed by atoms with van der Waals surface area (Å²) in [4.78, 5) is 2.08. The van der Waals surface area contributed by atoms with Gasteiger partial charge in [-0.05, 0) is 30.7 Å². The van der Waals surface area contributed by atoms with Crippen molar-refractivity contribution in [2.75, 3.05) is 20.1 Å². The lowest BCUT2D eigenvalue weighted by atomic mass is 9.94. The average Bonchev–Trinajstić information content (AvgIpc) is 2.21. The number of hydrogen-bond donors (Lipinski definition) is 1. The third-order valence-corrected chi connectivity index (χ3v) is 3.03. The molecule has 1 unspecified atom stereocenters. The third kappa shape index (κ3) is 4.23. The predicted molar refractivity (Wildman–Crippen MR) is 75.3 cm³/mol. The number of rotatable bonds is 4. The summed E-state index contributed by atoms with van der Waals surface area (Å²) in [6.07, 6.45) is 0. The summed E-state index contributed by atoms with van der Waals surface area (Å²) >= 11 is 5.93. The fourth-order valence-corrected chi connectivity index (χ4v) is 2.35. The fraction of sp³-hybridized carbons (Fsp3) is 0.571. The van der Waals surface area contributed by atoms with E-state index in [9.17, 15) is 4.39 Å². The van der Waals surface area contributed by atoms with Crippen molar-refractivity contribution in [3.63, 3.8) is 0 Å². The molecule has 1 rings (SSSR count). The van der Waals surface area contributed by atoms with Crippen LogP contribution in [0.1, 0.15) is 32.4 Å². The number of likely N-dealkylation sites (N-methyl/N-ethyl adjacent to an activating group) is 1. The summed E-state index contributed by atoms with van der Waals surface area (Å²) < 4.78 is 13.9. The molecule has 0 aromatic heterocycles. The minimum absolute atomic E-state index is 0.136. The Kier molecular flexibility index (Phi) is 5.14. The quantitative estimate of drug-likeness (QED) is 0.910. The molecule has 0 saturated heterocycles. The van der Waals surface area contributed by atoms with Crippen molar-refractivity contribution in [1.82, 2.24) is 4.90 Å². The van der Waals surface area contributed by atoms with Gasteiger partial charge in [-0.15, -0.1) is 0 Å². The minimum Gasteiger partial charge on any atom is -0.329 e. The molecule has 0 bridgehead atoms. The van der Waals surface area contributed by atoms with Gasteiger partial charge in [-0.3, -0.25) is 4.90 Å². The molecule has 0 aliphatic heterocycles. The standard InChI is InChI=1S/C14H22ClFN2/c1-14(2,3)9-18(4)13(8-17)11-7-10(15)5-6-12(11)16/h5-7,13H,8-9,17H2,1-4H3. The van der Waals surface area contributed by atoms with Crippen molar-refractivity contribution < 1.29 is 4.39 Å². The van der Waals surface area contributed by atoms with Crippen LogP contribution in [-0.2, 0) is 0 Å². The summed E-state index contributed by atoms with van der Waals surface area (Å²) in [6.45, 7) is 7.63.